The van der Waals surface area contributed by atoms with Crippen molar-refractivity contribution < 1.29 is 19.4 Å². The number of aromatic nitrogens is 1. The minimum absolute atomic E-state index is 0.0224. The summed E-state index contributed by atoms with van der Waals surface area (Å²) in [5.41, 5.74) is -0.723. The highest BCUT2D eigenvalue weighted by atomic mass is 35.5. The highest BCUT2D eigenvalue weighted by Gasteiger charge is 2.17. The molecule has 0 saturated heterocycles. The molecule has 0 aliphatic heterocycles. The topological polar surface area (TPSA) is 88.5 Å². The summed E-state index contributed by atoms with van der Waals surface area (Å²) in [5, 5.41) is 11.1. The Hall–Kier alpha value is -1.82. The van der Waals surface area contributed by atoms with Crippen molar-refractivity contribution >= 4 is 29.5 Å². The van der Waals surface area contributed by atoms with Crippen molar-refractivity contribution in [1.29, 1.82) is 0 Å². The maximum atomic E-state index is 11.5. The van der Waals surface area contributed by atoms with Gasteiger partial charge in [-0.3, -0.25) is 5.32 Å². The number of carboxylic acids is 1. The van der Waals surface area contributed by atoms with Gasteiger partial charge in [0.25, 0.3) is 0 Å². The van der Waals surface area contributed by atoms with Crippen LogP contribution in [0.5, 0.6) is 0 Å². The SMILES string of the molecule is CC(C)(C)OC(=O)Nc1cc(C(=O)O)cc(Cl)n1. The number of carbonyl (C=O) groups is 2. The summed E-state index contributed by atoms with van der Waals surface area (Å²) in [6.45, 7) is 5.13. The van der Waals surface area contributed by atoms with Gasteiger partial charge in [-0.2, -0.15) is 0 Å². The molecule has 18 heavy (non-hydrogen) atoms. The van der Waals surface area contributed by atoms with Crippen molar-refractivity contribution in [3.05, 3.63) is 22.8 Å². The Morgan fingerprint density at radius 3 is 2.50 bits per heavy atom. The molecule has 0 unspecified atom stereocenters. The zero-order valence-corrected chi connectivity index (χ0v) is 10.9. The van der Waals surface area contributed by atoms with Crippen LogP contribution in [0.1, 0.15) is 31.1 Å². The van der Waals surface area contributed by atoms with Crippen LogP contribution >= 0.6 is 11.6 Å². The average Bonchev–Trinajstić information content (AvgIpc) is 2.12. The molecule has 0 aliphatic rings. The predicted molar refractivity (Wildman–Crippen MR) is 66.1 cm³/mol. The van der Waals surface area contributed by atoms with E-state index in [1.54, 1.807) is 20.8 Å². The third-order valence-electron chi connectivity index (χ3n) is 1.67. The number of anilines is 1. The number of carboxylic acid groups (broad SMARTS) is 1. The van der Waals surface area contributed by atoms with Crippen LogP contribution in [0.25, 0.3) is 0 Å². The molecule has 1 heterocycles. The van der Waals surface area contributed by atoms with Gasteiger partial charge in [-0.25, -0.2) is 14.6 Å². The average molecular weight is 273 g/mol. The molecular weight excluding hydrogens is 260 g/mol. The Bertz CT molecular complexity index is 482. The number of pyridine rings is 1. The van der Waals surface area contributed by atoms with Crippen molar-refractivity contribution in [2.75, 3.05) is 5.32 Å². The fourth-order valence-corrected chi connectivity index (χ4v) is 1.30. The van der Waals surface area contributed by atoms with Gasteiger partial charge >= 0.3 is 12.1 Å². The first kappa shape index (κ1) is 14.2. The molecule has 0 bridgehead atoms. The smallest absolute Gasteiger partial charge is 0.413 e. The van der Waals surface area contributed by atoms with Crippen LogP contribution in [0.3, 0.4) is 0 Å². The maximum Gasteiger partial charge on any atom is 0.413 e. The van der Waals surface area contributed by atoms with Gasteiger partial charge in [0.05, 0.1) is 5.56 Å². The van der Waals surface area contributed by atoms with E-state index in [-0.39, 0.29) is 16.5 Å². The molecule has 1 aromatic heterocycles. The Kier molecular flexibility index (Phi) is 4.13. The number of halogens is 1. The highest BCUT2D eigenvalue weighted by molar-refractivity contribution is 6.29. The van der Waals surface area contributed by atoms with Crippen LogP contribution in [-0.2, 0) is 4.74 Å². The largest absolute Gasteiger partial charge is 0.478 e. The third-order valence-corrected chi connectivity index (χ3v) is 1.86. The van der Waals surface area contributed by atoms with Gasteiger partial charge in [0.1, 0.15) is 16.6 Å². The number of ether oxygens (including phenoxy) is 1. The summed E-state index contributed by atoms with van der Waals surface area (Å²) in [7, 11) is 0. The van der Waals surface area contributed by atoms with Crippen LogP contribution in [0.2, 0.25) is 5.15 Å². The fraction of sp³-hybridized carbons (Fsp3) is 0.364. The minimum Gasteiger partial charge on any atom is -0.478 e. The number of amides is 1. The van der Waals surface area contributed by atoms with Gasteiger partial charge < -0.3 is 9.84 Å². The van der Waals surface area contributed by atoms with E-state index >= 15 is 0 Å². The summed E-state index contributed by atoms with van der Waals surface area (Å²) >= 11 is 5.64. The van der Waals surface area contributed by atoms with Crippen molar-refractivity contribution in [2.45, 2.75) is 26.4 Å². The third kappa shape index (κ3) is 4.58. The van der Waals surface area contributed by atoms with Gasteiger partial charge in [-0.1, -0.05) is 11.6 Å². The molecule has 98 valence electrons. The lowest BCUT2D eigenvalue weighted by Gasteiger charge is -2.19. The molecule has 0 saturated carbocycles. The number of aromatic carboxylic acids is 1. The standard InChI is InChI=1S/C11H13ClN2O4/c1-11(2,3)18-10(17)14-8-5-6(9(15)16)4-7(12)13-8/h4-5H,1-3H3,(H,15,16)(H,13,14,17). The molecular formula is C11H13ClN2O4. The van der Waals surface area contributed by atoms with E-state index in [1.165, 1.54) is 12.1 Å². The molecule has 0 aliphatic carbocycles. The molecule has 0 fully saturated rings. The molecule has 1 aromatic rings. The molecule has 2 N–H and O–H groups in total. The monoisotopic (exact) mass is 272 g/mol. The summed E-state index contributed by atoms with van der Waals surface area (Å²) in [4.78, 5) is 26.0. The van der Waals surface area contributed by atoms with E-state index in [2.05, 4.69) is 10.3 Å². The summed E-state index contributed by atoms with van der Waals surface area (Å²) in [5.74, 6) is -1.14. The van der Waals surface area contributed by atoms with E-state index in [9.17, 15) is 9.59 Å². The second-order valence-electron chi connectivity index (χ2n) is 4.50. The van der Waals surface area contributed by atoms with Crippen LogP contribution in [-0.4, -0.2) is 27.8 Å². The first-order chi connectivity index (χ1) is 8.17. The second kappa shape index (κ2) is 5.22. The van der Waals surface area contributed by atoms with Crippen molar-refractivity contribution in [3.8, 4) is 0 Å². The second-order valence-corrected chi connectivity index (χ2v) is 4.88. The first-order valence-corrected chi connectivity index (χ1v) is 5.46. The zero-order chi connectivity index (χ0) is 13.9. The van der Waals surface area contributed by atoms with Crippen LogP contribution in [0.4, 0.5) is 10.6 Å². The molecule has 0 aromatic carbocycles. The Morgan fingerprint density at radius 2 is 2.00 bits per heavy atom. The summed E-state index contributed by atoms with van der Waals surface area (Å²) in [6.07, 6.45) is -0.728. The fourth-order valence-electron chi connectivity index (χ4n) is 1.09. The van der Waals surface area contributed by atoms with E-state index in [0.29, 0.717) is 0 Å². The molecule has 0 atom stereocenters. The normalized spacial score (nSPS) is 10.9. The predicted octanol–water partition coefficient (Wildman–Crippen LogP) is 2.78. The number of carbonyl (C=O) groups excluding carboxylic acids is 1. The first-order valence-electron chi connectivity index (χ1n) is 5.08. The van der Waals surface area contributed by atoms with E-state index in [4.69, 9.17) is 21.4 Å². The van der Waals surface area contributed by atoms with E-state index in [0.717, 1.165) is 0 Å². The van der Waals surface area contributed by atoms with Crippen LogP contribution in [0.15, 0.2) is 12.1 Å². The molecule has 6 nitrogen and oxygen atoms in total. The maximum absolute atomic E-state index is 11.5. The lowest BCUT2D eigenvalue weighted by Crippen LogP contribution is -2.27. The molecule has 1 rings (SSSR count). The van der Waals surface area contributed by atoms with Crippen LogP contribution < -0.4 is 5.32 Å². The Morgan fingerprint density at radius 1 is 1.39 bits per heavy atom. The number of nitrogens with zero attached hydrogens (tertiary/aromatic N) is 1. The molecule has 7 heteroatoms. The van der Waals surface area contributed by atoms with Crippen LogP contribution in [0, 0.1) is 0 Å². The Balaban J connectivity index is 2.85. The van der Waals surface area contributed by atoms with Crippen molar-refractivity contribution in [3.63, 3.8) is 0 Å². The molecule has 0 radical (unpaired) electrons. The molecule has 0 spiro atoms. The number of hydrogen-bond donors (Lipinski definition) is 2. The number of rotatable bonds is 2. The van der Waals surface area contributed by atoms with Gasteiger partial charge in [-0.05, 0) is 32.9 Å². The molecule has 1 amide bonds. The lowest BCUT2D eigenvalue weighted by molar-refractivity contribution is 0.0632. The Labute approximate surface area is 109 Å². The number of nitrogens with one attached hydrogen (secondary N) is 1. The quantitative estimate of drug-likeness (QED) is 0.808. The van der Waals surface area contributed by atoms with E-state index < -0.39 is 17.7 Å². The summed E-state index contributed by atoms with van der Waals surface area (Å²) < 4.78 is 5.00. The lowest BCUT2D eigenvalue weighted by atomic mass is 10.2. The van der Waals surface area contributed by atoms with Gasteiger partial charge in [0.2, 0.25) is 0 Å². The zero-order valence-electron chi connectivity index (χ0n) is 10.2. The van der Waals surface area contributed by atoms with Gasteiger partial charge in [0.15, 0.2) is 0 Å². The van der Waals surface area contributed by atoms with Crippen molar-refractivity contribution in [2.24, 2.45) is 0 Å². The van der Waals surface area contributed by atoms with Crippen molar-refractivity contribution in [1.82, 2.24) is 4.98 Å². The summed E-state index contributed by atoms with van der Waals surface area (Å²) in [6, 6.07) is 2.38. The minimum atomic E-state index is -1.16. The van der Waals surface area contributed by atoms with Gasteiger partial charge in [0, 0.05) is 0 Å². The van der Waals surface area contributed by atoms with E-state index in [1.807, 2.05) is 0 Å². The number of hydrogen-bond acceptors (Lipinski definition) is 4. The van der Waals surface area contributed by atoms with Gasteiger partial charge in [-0.15, -0.1) is 0 Å². The highest BCUT2D eigenvalue weighted by Crippen LogP contribution is 2.16.